The van der Waals surface area contributed by atoms with E-state index in [9.17, 15) is 0 Å². The van der Waals surface area contributed by atoms with Crippen molar-refractivity contribution >= 4 is 0 Å². The van der Waals surface area contributed by atoms with Gasteiger partial charge in [0.05, 0.1) is 12.2 Å². The van der Waals surface area contributed by atoms with Gasteiger partial charge in [-0.15, -0.1) is 6.58 Å². The zero-order valence-corrected chi connectivity index (χ0v) is 7.67. The lowest BCUT2D eigenvalue weighted by Gasteiger charge is -1.99. The average molecular weight is 165 g/mol. The highest BCUT2D eigenvalue weighted by Crippen LogP contribution is 2.11. The summed E-state index contributed by atoms with van der Waals surface area (Å²) in [5.41, 5.74) is 8.90. The summed E-state index contributed by atoms with van der Waals surface area (Å²) >= 11 is 0. The second kappa shape index (κ2) is 3.54. The maximum atomic E-state index is 5.58. The Labute approximate surface area is 72.9 Å². The number of allylic oxidation sites excluding steroid dienone is 1. The lowest BCUT2D eigenvalue weighted by molar-refractivity contribution is 0.672. The van der Waals surface area contributed by atoms with Gasteiger partial charge in [-0.2, -0.15) is 5.10 Å². The number of nitrogens with zero attached hydrogens (tertiary/aromatic N) is 2. The number of aryl methyl sites for hydroxylation is 1. The van der Waals surface area contributed by atoms with Gasteiger partial charge in [0.1, 0.15) is 0 Å². The minimum Gasteiger partial charge on any atom is -0.326 e. The number of rotatable bonds is 3. The van der Waals surface area contributed by atoms with Crippen molar-refractivity contribution in [3.8, 4) is 0 Å². The van der Waals surface area contributed by atoms with Crippen molar-refractivity contribution in [3.05, 3.63) is 29.6 Å². The predicted octanol–water partition coefficient (Wildman–Crippen LogP) is 1.14. The van der Waals surface area contributed by atoms with Crippen molar-refractivity contribution in [2.75, 3.05) is 0 Å². The summed E-state index contributed by atoms with van der Waals surface area (Å²) < 4.78 is 1.92. The molecule has 1 heterocycles. The molecule has 0 aliphatic heterocycles. The van der Waals surface area contributed by atoms with E-state index in [1.165, 1.54) is 0 Å². The molecule has 12 heavy (non-hydrogen) atoms. The van der Waals surface area contributed by atoms with Gasteiger partial charge in [0.15, 0.2) is 0 Å². The van der Waals surface area contributed by atoms with Crippen molar-refractivity contribution < 1.29 is 0 Å². The molecule has 0 radical (unpaired) electrons. The molecular weight excluding hydrogens is 150 g/mol. The van der Waals surface area contributed by atoms with Gasteiger partial charge in [-0.05, 0) is 13.8 Å². The Morgan fingerprint density at radius 3 is 2.67 bits per heavy atom. The second-order valence-electron chi connectivity index (χ2n) is 2.82. The van der Waals surface area contributed by atoms with E-state index in [1.807, 2.05) is 24.6 Å². The molecule has 0 amide bonds. The molecule has 3 nitrogen and oxygen atoms in total. The van der Waals surface area contributed by atoms with Gasteiger partial charge in [-0.1, -0.05) is 6.08 Å². The summed E-state index contributed by atoms with van der Waals surface area (Å²) in [4.78, 5) is 0. The Morgan fingerprint density at radius 1 is 1.58 bits per heavy atom. The van der Waals surface area contributed by atoms with Crippen LogP contribution in [-0.2, 0) is 13.1 Å². The van der Waals surface area contributed by atoms with Gasteiger partial charge < -0.3 is 5.73 Å². The monoisotopic (exact) mass is 165 g/mol. The molecule has 0 aromatic carbocycles. The van der Waals surface area contributed by atoms with Crippen molar-refractivity contribution in [2.45, 2.75) is 26.9 Å². The van der Waals surface area contributed by atoms with Crippen LogP contribution in [0, 0.1) is 13.8 Å². The van der Waals surface area contributed by atoms with Crippen molar-refractivity contribution in [1.29, 1.82) is 0 Å². The molecule has 0 saturated heterocycles. The van der Waals surface area contributed by atoms with E-state index >= 15 is 0 Å². The van der Waals surface area contributed by atoms with Crippen LogP contribution in [0.15, 0.2) is 12.7 Å². The molecule has 1 aromatic heterocycles. The highest BCUT2D eigenvalue weighted by Gasteiger charge is 2.07. The van der Waals surface area contributed by atoms with Crippen LogP contribution >= 0.6 is 0 Å². The van der Waals surface area contributed by atoms with E-state index in [2.05, 4.69) is 11.7 Å². The molecule has 0 bridgehead atoms. The molecule has 3 heteroatoms. The fourth-order valence-corrected chi connectivity index (χ4v) is 1.33. The molecule has 0 spiro atoms. The molecule has 0 aliphatic carbocycles. The molecule has 1 rings (SSSR count). The van der Waals surface area contributed by atoms with E-state index in [1.54, 1.807) is 0 Å². The largest absolute Gasteiger partial charge is 0.326 e. The van der Waals surface area contributed by atoms with E-state index in [0.717, 1.165) is 23.5 Å². The van der Waals surface area contributed by atoms with Crippen LogP contribution in [-0.4, -0.2) is 9.78 Å². The fraction of sp³-hybridized carbons (Fsp3) is 0.444. The Hall–Kier alpha value is -1.09. The average Bonchev–Trinajstić information content (AvgIpc) is 2.29. The Balaban J connectivity index is 3.07. The van der Waals surface area contributed by atoms with Crippen molar-refractivity contribution in [2.24, 2.45) is 5.73 Å². The smallest absolute Gasteiger partial charge is 0.0641 e. The zero-order valence-electron chi connectivity index (χ0n) is 7.67. The summed E-state index contributed by atoms with van der Waals surface area (Å²) in [6.07, 6.45) is 1.83. The SMILES string of the molecule is C=CCn1nc(C)c(CN)c1C. The third-order valence-electron chi connectivity index (χ3n) is 2.04. The first kappa shape index (κ1) is 9.00. The van der Waals surface area contributed by atoms with Crippen LogP contribution in [0.5, 0.6) is 0 Å². The third-order valence-corrected chi connectivity index (χ3v) is 2.04. The Bertz CT molecular complexity index is 286. The van der Waals surface area contributed by atoms with Crippen LogP contribution < -0.4 is 5.73 Å². The van der Waals surface area contributed by atoms with E-state index in [-0.39, 0.29) is 0 Å². The van der Waals surface area contributed by atoms with Crippen LogP contribution in [0.25, 0.3) is 0 Å². The van der Waals surface area contributed by atoms with Crippen LogP contribution in [0.2, 0.25) is 0 Å². The lowest BCUT2D eigenvalue weighted by Crippen LogP contribution is -2.02. The first-order chi connectivity index (χ1) is 5.70. The minimum atomic E-state index is 0.564. The van der Waals surface area contributed by atoms with Gasteiger partial charge in [0, 0.05) is 17.8 Å². The van der Waals surface area contributed by atoms with Crippen LogP contribution in [0.3, 0.4) is 0 Å². The lowest BCUT2D eigenvalue weighted by atomic mass is 10.2. The Kier molecular flexibility index (Phi) is 2.65. The van der Waals surface area contributed by atoms with Crippen LogP contribution in [0.1, 0.15) is 17.0 Å². The quantitative estimate of drug-likeness (QED) is 0.683. The third kappa shape index (κ3) is 1.41. The minimum absolute atomic E-state index is 0.564. The molecule has 0 unspecified atom stereocenters. The molecule has 0 aliphatic rings. The van der Waals surface area contributed by atoms with E-state index in [0.29, 0.717) is 6.54 Å². The van der Waals surface area contributed by atoms with Gasteiger partial charge in [0.2, 0.25) is 0 Å². The maximum absolute atomic E-state index is 5.58. The highest BCUT2D eigenvalue weighted by atomic mass is 15.3. The van der Waals surface area contributed by atoms with Crippen molar-refractivity contribution in [3.63, 3.8) is 0 Å². The topological polar surface area (TPSA) is 43.8 Å². The zero-order chi connectivity index (χ0) is 9.14. The Morgan fingerprint density at radius 2 is 2.25 bits per heavy atom. The summed E-state index contributed by atoms with van der Waals surface area (Å²) in [5, 5.41) is 4.34. The van der Waals surface area contributed by atoms with Gasteiger partial charge in [-0.25, -0.2) is 0 Å². The second-order valence-corrected chi connectivity index (χ2v) is 2.82. The van der Waals surface area contributed by atoms with Gasteiger partial charge in [0.25, 0.3) is 0 Å². The molecule has 2 N–H and O–H groups in total. The first-order valence-electron chi connectivity index (χ1n) is 4.04. The highest BCUT2D eigenvalue weighted by molar-refractivity contribution is 5.24. The number of hydrogen-bond donors (Lipinski definition) is 1. The normalized spacial score (nSPS) is 10.2. The van der Waals surface area contributed by atoms with Crippen LogP contribution in [0.4, 0.5) is 0 Å². The molecular formula is C9H15N3. The standard InChI is InChI=1S/C9H15N3/c1-4-5-12-8(3)9(6-10)7(2)11-12/h4H,1,5-6,10H2,2-3H3. The molecule has 0 saturated carbocycles. The predicted molar refractivity (Wildman–Crippen MR) is 49.8 cm³/mol. The summed E-state index contributed by atoms with van der Waals surface area (Å²) in [6, 6.07) is 0. The number of aromatic nitrogens is 2. The van der Waals surface area contributed by atoms with Gasteiger partial charge in [-0.3, -0.25) is 4.68 Å². The van der Waals surface area contributed by atoms with Gasteiger partial charge >= 0.3 is 0 Å². The molecule has 0 atom stereocenters. The molecule has 0 fully saturated rings. The maximum Gasteiger partial charge on any atom is 0.0641 e. The molecule has 66 valence electrons. The number of nitrogens with two attached hydrogens (primary N) is 1. The fourth-order valence-electron chi connectivity index (χ4n) is 1.33. The summed E-state index contributed by atoms with van der Waals surface area (Å²) in [7, 11) is 0. The van der Waals surface area contributed by atoms with E-state index < -0.39 is 0 Å². The van der Waals surface area contributed by atoms with E-state index in [4.69, 9.17) is 5.73 Å². The summed E-state index contributed by atoms with van der Waals surface area (Å²) in [6.45, 7) is 9.01. The molecule has 1 aromatic rings. The summed E-state index contributed by atoms with van der Waals surface area (Å²) in [5.74, 6) is 0. The first-order valence-corrected chi connectivity index (χ1v) is 4.04. The number of hydrogen-bond acceptors (Lipinski definition) is 2. The van der Waals surface area contributed by atoms with Crippen molar-refractivity contribution in [1.82, 2.24) is 9.78 Å².